The summed E-state index contributed by atoms with van der Waals surface area (Å²) in [5.74, 6) is -0.428. The number of benzene rings is 3. The van der Waals surface area contributed by atoms with Crippen LogP contribution in [0.15, 0.2) is 78.9 Å². The summed E-state index contributed by atoms with van der Waals surface area (Å²) in [6, 6.07) is 22.0. The maximum Gasteiger partial charge on any atom is 0.265 e. The minimum absolute atomic E-state index is 0.167. The Morgan fingerprint density at radius 2 is 1.60 bits per heavy atom. The van der Waals surface area contributed by atoms with Crippen molar-refractivity contribution < 1.29 is 18.7 Å². The van der Waals surface area contributed by atoms with Gasteiger partial charge in [0, 0.05) is 17.8 Å². The third kappa shape index (κ3) is 6.17. The Balaban J connectivity index is 1.47. The lowest BCUT2D eigenvalue weighted by Crippen LogP contribution is -2.30. The van der Waals surface area contributed by atoms with Gasteiger partial charge in [-0.2, -0.15) is 0 Å². The number of carbonyl (C=O) groups excluding carboxylic acids is 2. The molecule has 0 heterocycles. The van der Waals surface area contributed by atoms with Crippen LogP contribution in [0.4, 0.5) is 10.1 Å². The molecular formula is C24H23FN2O3. The molecule has 2 amide bonds. The van der Waals surface area contributed by atoms with Crippen molar-refractivity contribution in [3.05, 3.63) is 95.8 Å². The Kier molecular flexibility index (Phi) is 7.16. The van der Waals surface area contributed by atoms with Gasteiger partial charge in [-0.3, -0.25) is 9.59 Å². The van der Waals surface area contributed by atoms with Crippen molar-refractivity contribution in [3.8, 4) is 5.75 Å². The molecule has 2 N–H and O–H groups in total. The Hall–Kier alpha value is -3.67. The van der Waals surface area contributed by atoms with E-state index in [1.54, 1.807) is 31.2 Å². The summed E-state index contributed by atoms with van der Waals surface area (Å²) in [5.41, 5.74) is 2.16. The molecule has 0 aliphatic carbocycles. The maximum atomic E-state index is 12.9. The van der Waals surface area contributed by atoms with Crippen LogP contribution in [0.3, 0.4) is 0 Å². The van der Waals surface area contributed by atoms with E-state index in [4.69, 9.17) is 4.74 Å². The average Bonchev–Trinajstić information content (AvgIpc) is 2.76. The smallest absolute Gasteiger partial charge is 0.265 e. The van der Waals surface area contributed by atoms with Crippen molar-refractivity contribution in [1.29, 1.82) is 0 Å². The minimum atomic E-state index is -0.763. The number of rotatable bonds is 8. The lowest BCUT2D eigenvalue weighted by Gasteiger charge is -2.15. The maximum absolute atomic E-state index is 12.9. The molecule has 5 nitrogen and oxygen atoms in total. The van der Waals surface area contributed by atoms with E-state index in [1.807, 2.05) is 30.3 Å². The van der Waals surface area contributed by atoms with E-state index >= 15 is 0 Å². The molecule has 30 heavy (non-hydrogen) atoms. The Morgan fingerprint density at radius 1 is 0.933 bits per heavy atom. The SMILES string of the molecule is C[C@H](Oc1ccc(C(=O)NCCc2ccccc2)cc1)C(=O)Nc1ccc(F)cc1. The van der Waals surface area contributed by atoms with E-state index in [0.717, 1.165) is 12.0 Å². The van der Waals surface area contributed by atoms with E-state index in [9.17, 15) is 14.0 Å². The second-order valence-corrected chi connectivity index (χ2v) is 6.77. The summed E-state index contributed by atoms with van der Waals surface area (Å²) in [5, 5.41) is 5.55. The summed E-state index contributed by atoms with van der Waals surface area (Å²) in [6.45, 7) is 2.16. The molecule has 0 saturated carbocycles. The molecule has 0 aliphatic rings. The van der Waals surface area contributed by atoms with E-state index in [0.29, 0.717) is 23.5 Å². The van der Waals surface area contributed by atoms with Crippen LogP contribution in [-0.4, -0.2) is 24.5 Å². The molecule has 0 aromatic heterocycles. The number of anilines is 1. The highest BCUT2D eigenvalue weighted by molar-refractivity contribution is 5.95. The summed E-state index contributed by atoms with van der Waals surface area (Å²) >= 11 is 0. The van der Waals surface area contributed by atoms with Crippen LogP contribution in [0.25, 0.3) is 0 Å². The highest BCUT2D eigenvalue weighted by atomic mass is 19.1. The van der Waals surface area contributed by atoms with Gasteiger partial charge in [0.15, 0.2) is 6.10 Å². The fraction of sp³-hybridized carbons (Fsp3) is 0.167. The van der Waals surface area contributed by atoms with Gasteiger partial charge >= 0.3 is 0 Å². The fourth-order valence-electron chi connectivity index (χ4n) is 2.79. The molecule has 0 saturated heterocycles. The Morgan fingerprint density at radius 3 is 2.27 bits per heavy atom. The van der Waals surface area contributed by atoms with E-state index in [1.165, 1.54) is 24.3 Å². The molecule has 154 valence electrons. The molecule has 6 heteroatoms. The Bertz CT molecular complexity index is 974. The third-order valence-electron chi connectivity index (χ3n) is 4.45. The zero-order chi connectivity index (χ0) is 21.3. The molecule has 1 atom stereocenters. The first kappa shape index (κ1) is 21.0. The molecule has 0 unspecified atom stereocenters. The van der Waals surface area contributed by atoms with Crippen molar-refractivity contribution in [2.45, 2.75) is 19.4 Å². The van der Waals surface area contributed by atoms with Crippen LogP contribution in [0.1, 0.15) is 22.8 Å². The number of hydrogen-bond donors (Lipinski definition) is 2. The van der Waals surface area contributed by atoms with E-state index in [2.05, 4.69) is 10.6 Å². The van der Waals surface area contributed by atoms with Gasteiger partial charge < -0.3 is 15.4 Å². The number of amides is 2. The van der Waals surface area contributed by atoms with Gasteiger partial charge in [0.2, 0.25) is 0 Å². The second kappa shape index (κ2) is 10.2. The van der Waals surface area contributed by atoms with Crippen LogP contribution < -0.4 is 15.4 Å². The zero-order valence-corrected chi connectivity index (χ0v) is 16.6. The zero-order valence-electron chi connectivity index (χ0n) is 16.6. The van der Waals surface area contributed by atoms with Gasteiger partial charge in [0.05, 0.1) is 0 Å². The van der Waals surface area contributed by atoms with E-state index in [-0.39, 0.29) is 17.6 Å². The van der Waals surface area contributed by atoms with Crippen molar-refractivity contribution in [2.75, 3.05) is 11.9 Å². The van der Waals surface area contributed by atoms with Gasteiger partial charge in [-0.05, 0) is 67.4 Å². The first-order valence-electron chi connectivity index (χ1n) is 9.66. The molecule has 3 aromatic carbocycles. The number of nitrogens with one attached hydrogen (secondary N) is 2. The quantitative estimate of drug-likeness (QED) is 0.589. The first-order valence-corrected chi connectivity index (χ1v) is 9.66. The molecule has 0 fully saturated rings. The van der Waals surface area contributed by atoms with Gasteiger partial charge in [-0.1, -0.05) is 30.3 Å². The summed E-state index contributed by atoms with van der Waals surface area (Å²) in [7, 11) is 0. The number of halogens is 1. The molecule has 3 aromatic rings. The third-order valence-corrected chi connectivity index (χ3v) is 4.45. The molecule has 0 aliphatic heterocycles. The first-order chi connectivity index (χ1) is 14.5. The van der Waals surface area contributed by atoms with Crippen molar-refractivity contribution in [1.82, 2.24) is 5.32 Å². The largest absolute Gasteiger partial charge is 0.481 e. The van der Waals surface area contributed by atoms with Gasteiger partial charge in [0.1, 0.15) is 11.6 Å². The van der Waals surface area contributed by atoms with Crippen LogP contribution in [0, 0.1) is 5.82 Å². The van der Waals surface area contributed by atoms with Crippen molar-refractivity contribution in [3.63, 3.8) is 0 Å². The highest BCUT2D eigenvalue weighted by Gasteiger charge is 2.15. The summed E-state index contributed by atoms with van der Waals surface area (Å²) < 4.78 is 18.6. The predicted molar refractivity (Wildman–Crippen MR) is 114 cm³/mol. The monoisotopic (exact) mass is 406 g/mol. The minimum Gasteiger partial charge on any atom is -0.481 e. The standard InChI is InChI=1S/C24H23FN2O3/c1-17(23(28)27-21-11-9-20(25)10-12-21)30-22-13-7-19(8-14-22)24(29)26-16-15-18-5-3-2-4-6-18/h2-14,17H,15-16H2,1H3,(H,26,29)(H,27,28)/t17-/m0/s1. The van der Waals surface area contributed by atoms with Crippen LogP contribution in [-0.2, 0) is 11.2 Å². The second-order valence-electron chi connectivity index (χ2n) is 6.77. The van der Waals surface area contributed by atoms with Gasteiger partial charge in [-0.25, -0.2) is 4.39 Å². The molecule has 0 spiro atoms. The predicted octanol–water partition coefficient (Wildman–Crippen LogP) is 4.20. The lowest BCUT2D eigenvalue weighted by molar-refractivity contribution is -0.122. The number of hydrogen-bond acceptors (Lipinski definition) is 3. The summed E-state index contributed by atoms with van der Waals surface area (Å²) in [6.07, 6.45) is -0.00494. The average molecular weight is 406 g/mol. The lowest BCUT2D eigenvalue weighted by atomic mass is 10.1. The van der Waals surface area contributed by atoms with Crippen LogP contribution in [0.5, 0.6) is 5.75 Å². The molecule has 0 bridgehead atoms. The fourth-order valence-corrected chi connectivity index (χ4v) is 2.79. The van der Waals surface area contributed by atoms with Gasteiger partial charge in [-0.15, -0.1) is 0 Å². The van der Waals surface area contributed by atoms with Crippen molar-refractivity contribution >= 4 is 17.5 Å². The number of ether oxygens (including phenoxy) is 1. The summed E-state index contributed by atoms with van der Waals surface area (Å²) in [4.78, 5) is 24.5. The highest BCUT2D eigenvalue weighted by Crippen LogP contribution is 2.15. The van der Waals surface area contributed by atoms with Gasteiger partial charge in [0.25, 0.3) is 11.8 Å². The van der Waals surface area contributed by atoms with Crippen molar-refractivity contribution in [2.24, 2.45) is 0 Å². The van der Waals surface area contributed by atoms with Crippen LogP contribution >= 0.6 is 0 Å². The molecule has 0 radical (unpaired) electrons. The molecule has 3 rings (SSSR count). The number of carbonyl (C=O) groups is 2. The Labute approximate surface area is 174 Å². The van der Waals surface area contributed by atoms with Crippen LogP contribution in [0.2, 0.25) is 0 Å². The topological polar surface area (TPSA) is 67.4 Å². The normalized spacial score (nSPS) is 11.4. The molecular weight excluding hydrogens is 383 g/mol. The van der Waals surface area contributed by atoms with E-state index < -0.39 is 6.10 Å².